The predicted molar refractivity (Wildman–Crippen MR) is 71.8 cm³/mol. The maximum Gasteiger partial charge on any atom is 0.271 e. The van der Waals surface area contributed by atoms with Crippen LogP contribution in [0.1, 0.15) is 16.1 Å². The van der Waals surface area contributed by atoms with Crippen molar-refractivity contribution in [2.45, 2.75) is 6.54 Å². The van der Waals surface area contributed by atoms with Gasteiger partial charge in [-0.1, -0.05) is 23.2 Å². The number of nitrogens with one attached hydrogen (secondary N) is 1. The Labute approximate surface area is 123 Å². The Hall–Kier alpha value is -1.72. The zero-order valence-corrected chi connectivity index (χ0v) is 11.5. The Morgan fingerprint density at radius 3 is 2.70 bits per heavy atom. The van der Waals surface area contributed by atoms with E-state index in [4.69, 9.17) is 23.2 Å². The summed E-state index contributed by atoms with van der Waals surface area (Å²) in [6, 6.07) is 5.85. The standard InChI is InChI=1S/C13H8Cl2F2N2O/c14-9-2-4-11(15)19-12(9)13(20)18-6-7-5-8(16)1-3-10(7)17/h1-5H,6H2,(H,18,20). The van der Waals surface area contributed by atoms with Gasteiger partial charge in [-0.3, -0.25) is 4.79 Å². The van der Waals surface area contributed by atoms with Crippen molar-refractivity contribution in [3.05, 3.63) is 63.4 Å². The van der Waals surface area contributed by atoms with Gasteiger partial charge in [0.1, 0.15) is 22.5 Å². The highest BCUT2D eigenvalue weighted by molar-refractivity contribution is 6.34. The molecule has 0 unspecified atom stereocenters. The number of carbonyl (C=O) groups excluding carboxylic acids is 1. The fourth-order valence-corrected chi connectivity index (χ4v) is 1.85. The van der Waals surface area contributed by atoms with E-state index in [1.807, 2.05) is 0 Å². The van der Waals surface area contributed by atoms with Gasteiger partial charge in [0, 0.05) is 12.1 Å². The fraction of sp³-hybridized carbons (Fsp3) is 0.0769. The molecule has 0 spiro atoms. The summed E-state index contributed by atoms with van der Waals surface area (Å²) >= 11 is 11.5. The number of hydrogen-bond donors (Lipinski definition) is 1. The van der Waals surface area contributed by atoms with E-state index in [2.05, 4.69) is 10.3 Å². The molecular formula is C13H8Cl2F2N2O. The summed E-state index contributed by atoms with van der Waals surface area (Å²) in [6.07, 6.45) is 0. The van der Waals surface area contributed by atoms with Crippen molar-refractivity contribution in [3.8, 4) is 0 Å². The lowest BCUT2D eigenvalue weighted by Crippen LogP contribution is -2.24. The van der Waals surface area contributed by atoms with Crippen LogP contribution in [-0.2, 0) is 6.54 Å². The monoisotopic (exact) mass is 316 g/mol. The second-order valence-electron chi connectivity index (χ2n) is 3.88. The minimum absolute atomic E-state index is 0.0245. The summed E-state index contributed by atoms with van der Waals surface area (Å²) in [7, 11) is 0. The first-order chi connectivity index (χ1) is 9.47. The molecule has 2 rings (SSSR count). The first-order valence-electron chi connectivity index (χ1n) is 5.51. The molecular weight excluding hydrogens is 309 g/mol. The molecule has 0 bridgehead atoms. The van der Waals surface area contributed by atoms with Crippen molar-refractivity contribution in [1.29, 1.82) is 0 Å². The zero-order valence-electron chi connectivity index (χ0n) is 9.96. The largest absolute Gasteiger partial charge is 0.346 e. The van der Waals surface area contributed by atoms with Gasteiger partial charge < -0.3 is 5.32 Å². The lowest BCUT2D eigenvalue weighted by atomic mass is 10.2. The molecule has 104 valence electrons. The van der Waals surface area contributed by atoms with Gasteiger partial charge in [-0.15, -0.1) is 0 Å². The molecule has 1 amide bonds. The molecule has 0 aliphatic carbocycles. The molecule has 2 aromatic rings. The van der Waals surface area contributed by atoms with Gasteiger partial charge in [0.05, 0.1) is 5.02 Å². The molecule has 0 aliphatic heterocycles. The van der Waals surface area contributed by atoms with E-state index in [1.54, 1.807) is 0 Å². The van der Waals surface area contributed by atoms with Gasteiger partial charge in [0.25, 0.3) is 5.91 Å². The Morgan fingerprint density at radius 2 is 1.95 bits per heavy atom. The van der Waals surface area contributed by atoms with E-state index < -0.39 is 17.5 Å². The van der Waals surface area contributed by atoms with Gasteiger partial charge in [0.2, 0.25) is 0 Å². The third kappa shape index (κ3) is 3.43. The average molecular weight is 317 g/mol. The van der Waals surface area contributed by atoms with E-state index in [9.17, 15) is 13.6 Å². The fourth-order valence-electron chi connectivity index (χ4n) is 1.52. The zero-order chi connectivity index (χ0) is 14.7. The van der Waals surface area contributed by atoms with Gasteiger partial charge in [-0.25, -0.2) is 13.8 Å². The number of nitrogens with zero attached hydrogens (tertiary/aromatic N) is 1. The summed E-state index contributed by atoms with van der Waals surface area (Å²) in [4.78, 5) is 15.6. The van der Waals surface area contributed by atoms with E-state index in [-0.39, 0.29) is 28.0 Å². The normalized spacial score (nSPS) is 10.4. The Kier molecular flexibility index (Phi) is 4.52. The molecule has 1 aromatic carbocycles. The van der Waals surface area contributed by atoms with Crippen molar-refractivity contribution in [2.24, 2.45) is 0 Å². The van der Waals surface area contributed by atoms with Crippen LogP contribution in [0, 0.1) is 11.6 Å². The molecule has 0 saturated heterocycles. The van der Waals surface area contributed by atoms with E-state index in [0.29, 0.717) is 0 Å². The number of pyridine rings is 1. The minimum atomic E-state index is -0.624. The molecule has 1 heterocycles. The van der Waals surface area contributed by atoms with Crippen LogP contribution >= 0.6 is 23.2 Å². The first kappa shape index (κ1) is 14.7. The van der Waals surface area contributed by atoms with Crippen molar-refractivity contribution >= 4 is 29.1 Å². The smallest absolute Gasteiger partial charge is 0.271 e. The van der Waals surface area contributed by atoms with Gasteiger partial charge in [-0.2, -0.15) is 0 Å². The second-order valence-corrected chi connectivity index (χ2v) is 4.68. The number of aromatic nitrogens is 1. The molecule has 3 nitrogen and oxygen atoms in total. The lowest BCUT2D eigenvalue weighted by Gasteiger charge is -2.07. The van der Waals surface area contributed by atoms with Crippen LogP contribution in [0.5, 0.6) is 0 Å². The molecule has 0 radical (unpaired) electrons. The summed E-state index contributed by atoms with van der Waals surface area (Å²) < 4.78 is 26.4. The summed E-state index contributed by atoms with van der Waals surface area (Å²) in [6.45, 7) is -0.188. The van der Waals surface area contributed by atoms with E-state index in [0.717, 1.165) is 18.2 Å². The van der Waals surface area contributed by atoms with Crippen molar-refractivity contribution in [3.63, 3.8) is 0 Å². The highest BCUT2D eigenvalue weighted by atomic mass is 35.5. The van der Waals surface area contributed by atoms with Gasteiger partial charge >= 0.3 is 0 Å². The average Bonchev–Trinajstić information content (AvgIpc) is 2.42. The maximum atomic E-state index is 13.4. The maximum absolute atomic E-state index is 13.4. The Morgan fingerprint density at radius 1 is 1.20 bits per heavy atom. The molecule has 0 atom stereocenters. The summed E-state index contributed by atoms with van der Waals surface area (Å²) in [5, 5.41) is 2.63. The first-order valence-corrected chi connectivity index (χ1v) is 6.27. The molecule has 1 N–H and O–H groups in total. The molecule has 7 heteroatoms. The Bertz CT molecular complexity index is 665. The predicted octanol–water partition coefficient (Wildman–Crippen LogP) is 3.60. The lowest BCUT2D eigenvalue weighted by molar-refractivity contribution is 0.0945. The molecule has 1 aromatic heterocycles. The van der Waals surface area contributed by atoms with Crippen LogP contribution in [0.4, 0.5) is 8.78 Å². The number of halogens is 4. The highest BCUT2D eigenvalue weighted by Crippen LogP contribution is 2.17. The summed E-state index contributed by atoms with van der Waals surface area (Å²) in [5.74, 6) is -1.83. The third-order valence-corrected chi connectivity index (χ3v) is 2.99. The Balaban J connectivity index is 2.12. The van der Waals surface area contributed by atoms with Crippen molar-refractivity contribution in [2.75, 3.05) is 0 Å². The van der Waals surface area contributed by atoms with Crippen molar-refractivity contribution < 1.29 is 13.6 Å². The quantitative estimate of drug-likeness (QED) is 0.879. The van der Waals surface area contributed by atoms with E-state index >= 15 is 0 Å². The number of amides is 1. The number of rotatable bonds is 3. The highest BCUT2D eigenvalue weighted by Gasteiger charge is 2.13. The SMILES string of the molecule is O=C(NCc1cc(F)ccc1F)c1nc(Cl)ccc1Cl. The molecule has 0 aliphatic rings. The molecule has 0 saturated carbocycles. The minimum Gasteiger partial charge on any atom is -0.346 e. The number of benzene rings is 1. The molecule has 20 heavy (non-hydrogen) atoms. The molecule has 0 fully saturated rings. The van der Waals surface area contributed by atoms with Crippen LogP contribution in [0.2, 0.25) is 10.2 Å². The van der Waals surface area contributed by atoms with Gasteiger partial charge in [0.15, 0.2) is 0 Å². The van der Waals surface area contributed by atoms with Crippen LogP contribution in [0.3, 0.4) is 0 Å². The van der Waals surface area contributed by atoms with Crippen LogP contribution in [0.15, 0.2) is 30.3 Å². The number of carbonyl (C=O) groups is 1. The van der Waals surface area contributed by atoms with Gasteiger partial charge in [-0.05, 0) is 30.3 Å². The summed E-state index contributed by atoms with van der Waals surface area (Å²) in [5.41, 5.74) is -0.0486. The van der Waals surface area contributed by atoms with Crippen LogP contribution < -0.4 is 5.32 Å². The van der Waals surface area contributed by atoms with E-state index in [1.165, 1.54) is 12.1 Å². The third-order valence-electron chi connectivity index (χ3n) is 2.47. The number of hydrogen-bond acceptors (Lipinski definition) is 2. The van der Waals surface area contributed by atoms with Crippen molar-refractivity contribution in [1.82, 2.24) is 10.3 Å². The van der Waals surface area contributed by atoms with Crippen LogP contribution in [-0.4, -0.2) is 10.9 Å². The second kappa shape index (κ2) is 6.15. The van der Waals surface area contributed by atoms with Crippen LogP contribution in [0.25, 0.3) is 0 Å². The topological polar surface area (TPSA) is 42.0 Å².